The molecule has 1 aliphatic heterocycles. The number of piperazine rings is 1. The molecule has 0 bridgehead atoms. The highest BCUT2D eigenvalue weighted by atomic mass is 16.5. The number of aryl methyl sites for hydroxylation is 1. The van der Waals surface area contributed by atoms with Crippen LogP contribution in [0, 0.1) is 6.92 Å². The molecule has 6 nitrogen and oxygen atoms in total. The van der Waals surface area contributed by atoms with Gasteiger partial charge in [0, 0.05) is 16.8 Å². The molecule has 0 saturated carbocycles. The molecule has 2 amide bonds. The quantitative estimate of drug-likeness (QED) is 0.833. The molecule has 0 aliphatic carbocycles. The molecule has 0 spiro atoms. The van der Waals surface area contributed by atoms with Crippen LogP contribution >= 0.6 is 0 Å². The van der Waals surface area contributed by atoms with Gasteiger partial charge in [-0.3, -0.25) is 10.1 Å². The molecule has 1 saturated heterocycles. The minimum Gasteiger partial charge on any atom is -0.450 e. The zero-order valence-electron chi connectivity index (χ0n) is 16.5. The van der Waals surface area contributed by atoms with Crippen LogP contribution in [0.4, 0.5) is 10.5 Å². The van der Waals surface area contributed by atoms with E-state index in [4.69, 9.17) is 4.74 Å². The Bertz CT molecular complexity index is 812. The van der Waals surface area contributed by atoms with E-state index in [0.29, 0.717) is 17.9 Å². The molecule has 1 aliphatic rings. The van der Waals surface area contributed by atoms with Crippen LogP contribution in [0.2, 0.25) is 0 Å². The number of rotatable bonds is 5. The van der Waals surface area contributed by atoms with E-state index < -0.39 is 6.09 Å². The normalized spacial score (nSPS) is 14.6. The highest BCUT2D eigenvalue weighted by molar-refractivity contribution is 5.95. The van der Waals surface area contributed by atoms with Gasteiger partial charge in [0.15, 0.2) is 0 Å². The molecule has 6 heteroatoms. The highest BCUT2D eigenvalue weighted by Crippen LogP contribution is 2.12. The number of anilines is 1. The van der Waals surface area contributed by atoms with Gasteiger partial charge in [0.2, 0.25) is 0 Å². The Morgan fingerprint density at radius 2 is 1.82 bits per heavy atom. The number of quaternary nitrogens is 1. The number of carbonyl (C=O) groups is 2. The number of ether oxygens (including phenoxy) is 1. The zero-order valence-corrected chi connectivity index (χ0v) is 16.5. The summed E-state index contributed by atoms with van der Waals surface area (Å²) in [6, 6.07) is 15.6. The molecule has 2 N–H and O–H groups in total. The van der Waals surface area contributed by atoms with Crippen LogP contribution in [0.25, 0.3) is 0 Å². The summed E-state index contributed by atoms with van der Waals surface area (Å²) >= 11 is 0. The number of benzene rings is 2. The van der Waals surface area contributed by atoms with Crippen molar-refractivity contribution in [2.75, 3.05) is 38.1 Å². The molecule has 2 aromatic rings. The van der Waals surface area contributed by atoms with Crippen LogP contribution in [0.1, 0.15) is 28.4 Å². The maximum absolute atomic E-state index is 12.7. The Labute approximate surface area is 166 Å². The molecule has 1 heterocycles. The first-order chi connectivity index (χ1) is 13.5. The molecule has 148 valence electrons. The Morgan fingerprint density at radius 1 is 1.11 bits per heavy atom. The summed E-state index contributed by atoms with van der Waals surface area (Å²) in [5, 5.41) is 2.63. The Balaban J connectivity index is 1.51. The van der Waals surface area contributed by atoms with Gasteiger partial charge < -0.3 is 14.5 Å². The second-order valence-electron chi connectivity index (χ2n) is 7.13. The third kappa shape index (κ3) is 5.33. The van der Waals surface area contributed by atoms with Crippen LogP contribution in [-0.2, 0) is 11.3 Å². The number of amides is 2. The molecule has 28 heavy (non-hydrogen) atoms. The van der Waals surface area contributed by atoms with Gasteiger partial charge in [-0.25, -0.2) is 4.79 Å². The predicted octanol–water partition coefficient (Wildman–Crippen LogP) is 2.10. The Morgan fingerprint density at radius 3 is 2.46 bits per heavy atom. The number of hydrogen-bond donors (Lipinski definition) is 2. The van der Waals surface area contributed by atoms with Gasteiger partial charge in [-0.2, -0.15) is 0 Å². The predicted molar refractivity (Wildman–Crippen MR) is 109 cm³/mol. The largest absolute Gasteiger partial charge is 0.450 e. The van der Waals surface area contributed by atoms with E-state index in [-0.39, 0.29) is 5.91 Å². The van der Waals surface area contributed by atoms with Crippen molar-refractivity contribution >= 4 is 17.7 Å². The van der Waals surface area contributed by atoms with Crippen molar-refractivity contribution in [2.45, 2.75) is 20.4 Å². The summed E-state index contributed by atoms with van der Waals surface area (Å²) in [7, 11) is 0. The second-order valence-corrected chi connectivity index (χ2v) is 7.13. The fourth-order valence-corrected chi connectivity index (χ4v) is 3.48. The monoisotopic (exact) mass is 382 g/mol. The second kappa shape index (κ2) is 9.37. The molecule has 3 rings (SSSR count). The van der Waals surface area contributed by atoms with E-state index in [1.54, 1.807) is 31.2 Å². The molecular weight excluding hydrogens is 354 g/mol. The van der Waals surface area contributed by atoms with Gasteiger partial charge in [-0.15, -0.1) is 0 Å². The zero-order chi connectivity index (χ0) is 19.9. The van der Waals surface area contributed by atoms with Crippen molar-refractivity contribution in [2.24, 2.45) is 0 Å². The van der Waals surface area contributed by atoms with E-state index in [9.17, 15) is 9.59 Å². The third-order valence-electron chi connectivity index (χ3n) is 4.95. The first-order valence-electron chi connectivity index (χ1n) is 9.77. The first-order valence-corrected chi connectivity index (χ1v) is 9.77. The number of nitrogens with zero attached hydrogens (tertiary/aromatic N) is 1. The Kier molecular flexibility index (Phi) is 6.66. The van der Waals surface area contributed by atoms with E-state index in [2.05, 4.69) is 36.5 Å². The molecule has 0 atom stereocenters. The van der Waals surface area contributed by atoms with Crippen LogP contribution in [0.15, 0.2) is 48.5 Å². The van der Waals surface area contributed by atoms with Crippen molar-refractivity contribution in [1.82, 2.24) is 4.90 Å². The molecule has 1 fully saturated rings. The minimum absolute atomic E-state index is 0.0392. The van der Waals surface area contributed by atoms with Crippen molar-refractivity contribution in [3.63, 3.8) is 0 Å². The van der Waals surface area contributed by atoms with Gasteiger partial charge in [0.1, 0.15) is 6.54 Å². The third-order valence-corrected chi connectivity index (χ3v) is 4.95. The molecule has 0 aromatic heterocycles. The van der Waals surface area contributed by atoms with Gasteiger partial charge in [0.05, 0.1) is 32.8 Å². The van der Waals surface area contributed by atoms with Crippen LogP contribution < -0.4 is 10.2 Å². The van der Waals surface area contributed by atoms with Crippen molar-refractivity contribution in [3.05, 3.63) is 65.2 Å². The standard InChI is InChI=1S/C22H27N3O3/c1-3-28-22(27)23-20-9-7-19(8-10-20)21(26)25-13-11-24(12-14-25)16-18-6-4-5-17(2)15-18/h4-10,15H,3,11-14,16H2,1-2H3,(H,23,27)/p+1. The van der Waals surface area contributed by atoms with E-state index in [1.165, 1.54) is 16.0 Å². The summed E-state index contributed by atoms with van der Waals surface area (Å²) in [5.74, 6) is 0.0392. The average Bonchev–Trinajstić information content (AvgIpc) is 2.69. The highest BCUT2D eigenvalue weighted by Gasteiger charge is 2.24. The van der Waals surface area contributed by atoms with E-state index >= 15 is 0 Å². The number of hydrogen-bond acceptors (Lipinski definition) is 3. The lowest BCUT2D eigenvalue weighted by Crippen LogP contribution is -3.13. The summed E-state index contributed by atoms with van der Waals surface area (Å²) in [6.45, 7) is 8.58. The Hall–Kier alpha value is -2.86. The number of carbonyl (C=O) groups excluding carboxylic acids is 2. The average molecular weight is 382 g/mol. The topological polar surface area (TPSA) is 63.1 Å². The lowest BCUT2D eigenvalue weighted by Gasteiger charge is -2.32. The first kappa shape index (κ1) is 19.9. The lowest BCUT2D eigenvalue weighted by atomic mass is 10.1. The van der Waals surface area contributed by atoms with Gasteiger partial charge >= 0.3 is 6.09 Å². The minimum atomic E-state index is -0.491. The summed E-state index contributed by atoms with van der Waals surface area (Å²) in [5.41, 5.74) is 3.88. The number of nitrogens with one attached hydrogen (secondary N) is 2. The van der Waals surface area contributed by atoms with Crippen LogP contribution in [-0.4, -0.2) is 49.7 Å². The summed E-state index contributed by atoms with van der Waals surface area (Å²) < 4.78 is 4.85. The molecule has 0 unspecified atom stereocenters. The van der Waals surface area contributed by atoms with Crippen molar-refractivity contribution in [1.29, 1.82) is 0 Å². The molecule has 2 aromatic carbocycles. The molecular formula is C22H28N3O3+. The van der Waals surface area contributed by atoms with E-state index in [0.717, 1.165) is 32.7 Å². The maximum atomic E-state index is 12.7. The smallest absolute Gasteiger partial charge is 0.411 e. The lowest BCUT2D eigenvalue weighted by molar-refractivity contribution is -0.917. The fourth-order valence-electron chi connectivity index (χ4n) is 3.48. The van der Waals surface area contributed by atoms with Gasteiger partial charge in [-0.05, 0) is 38.1 Å². The fraction of sp³-hybridized carbons (Fsp3) is 0.364. The van der Waals surface area contributed by atoms with Gasteiger partial charge in [0.25, 0.3) is 5.91 Å². The maximum Gasteiger partial charge on any atom is 0.411 e. The van der Waals surface area contributed by atoms with Crippen molar-refractivity contribution < 1.29 is 19.2 Å². The SMILES string of the molecule is CCOC(=O)Nc1ccc(C(=O)N2CC[NH+](Cc3cccc(C)c3)CC2)cc1. The summed E-state index contributed by atoms with van der Waals surface area (Å²) in [4.78, 5) is 27.6. The van der Waals surface area contributed by atoms with Crippen LogP contribution in [0.3, 0.4) is 0 Å². The van der Waals surface area contributed by atoms with Crippen molar-refractivity contribution in [3.8, 4) is 0 Å². The van der Waals surface area contributed by atoms with Crippen LogP contribution in [0.5, 0.6) is 0 Å². The van der Waals surface area contributed by atoms with Gasteiger partial charge in [-0.1, -0.05) is 29.8 Å². The summed E-state index contributed by atoms with van der Waals surface area (Å²) in [6.07, 6.45) is -0.491. The molecule has 0 radical (unpaired) electrons. The van der Waals surface area contributed by atoms with E-state index in [1.807, 2.05) is 4.90 Å².